The van der Waals surface area contributed by atoms with Gasteiger partial charge in [-0.15, -0.1) is 0 Å². The predicted octanol–water partition coefficient (Wildman–Crippen LogP) is 4.83. The van der Waals surface area contributed by atoms with Gasteiger partial charge in [0.25, 0.3) is 11.8 Å². The molecule has 1 aromatic heterocycles. The summed E-state index contributed by atoms with van der Waals surface area (Å²) in [6, 6.07) is 19.0. The van der Waals surface area contributed by atoms with E-state index in [4.69, 9.17) is 4.42 Å². The Morgan fingerprint density at radius 1 is 0.906 bits per heavy atom. The zero-order valence-electron chi connectivity index (χ0n) is 18.6. The van der Waals surface area contributed by atoms with E-state index in [0.717, 1.165) is 30.0 Å². The van der Waals surface area contributed by atoms with Gasteiger partial charge in [-0.1, -0.05) is 29.8 Å². The fraction of sp³-hybridized carbons (Fsp3) is 0.231. The quantitative estimate of drug-likeness (QED) is 0.520. The second kappa shape index (κ2) is 9.14. The summed E-state index contributed by atoms with van der Waals surface area (Å²) in [5.41, 5.74) is 4.30. The van der Waals surface area contributed by atoms with Gasteiger partial charge in [-0.2, -0.15) is 0 Å². The molecule has 2 amide bonds. The molecule has 0 radical (unpaired) electrons. The standard InChI is InChI=1S/C26H27N3O3/c1-4-28(5-2)21-14-12-20(13-15-21)27-24-23(19-10-8-18(3)9-11-19)25(30)29(26(24)31)17-22-7-6-16-32-22/h6-16,27H,4-5,17H2,1-3H3. The minimum absolute atomic E-state index is 0.0894. The van der Waals surface area contributed by atoms with Gasteiger partial charge in [0.15, 0.2) is 0 Å². The zero-order valence-corrected chi connectivity index (χ0v) is 18.6. The normalized spacial score (nSPS) is 13.8. The Bertz CT molecular complexity index is 1130. The first-order chi connectivity index (χ1) is 15.5. The van der Waals surface area contributed by atoms with Crippen molar-refractivity contribution in [3.63, 3.8) is 0 Å². The van der Waals surface area contributed by atoms with E-state index in [2.05, 4.69) is 24.1 Å². The van der Waals surface area contributed by atoms with E-state index in [1.807, 2.05) is 55.5 Å². The Morgan fingerprint density at radius 3 is 2.19 bits per heavy atom. The highest BCUT2D eigenvalue weighted by molar-refractivity contribution is 6.36. The van der Waals surface area contributed by atoms with Crippen molar-refractivity contribution in [2.45, 2.75) is 27.3 Å². The van der Waals surface area contributed by atoms with Gasteiger partial charge in [-0.3, -0.25) is 14.5 Å². The first kappa shape index (κ1) is 21.4. The van der Waals surface area contributed by atoms with Crippen molar-refractivity contribution in [3.8, 4) is 0 Å². The topological polar surface area (TPSA) is 65.8 Å². The third kappa shape index (κ3) is 4.17. The lowest BCUT2D eigenvalue weighted by Crippen LogP contribution is -2.31. The van der Waals surface area contributed by atoms with Gasteiger partial charge in [0, 0.05) is 24.5 Å². The van der Waals surface area contributed by atoms with Crippen molar-refractivity contribution in [1.82, 2.24) is 4.90 Å². The van der Waals surface area contributed by atoms with Gasteiger partial charge in [0.05, 0.1) is 18.4 Å². The molecule has 0 saturated carbocycles. The van der Waals surface area contributed by atoms with Crippen molar-refractivity contribution in [3.05, 3.63) is 89.5 Å². The van der Waals surface area contributed by atoms with Crippen LogP contribution in [0.15, 0.2) is 77.0 Å². The number of imide groups is 1. The van der Waals surface area contributed by atoms with E-state index in [1.54, 1.807) is 12.1 Å². The number of nitrogens with one attached hydrogen (secondary N) is 1. The summed E-state index contributed by atoms with van der Waals surface area (Å²) >= 11 is 0. The van der Waals surface area contributed by atoms with Crippen LogP contribution in [0.5, 0.6) is 0 Å². The highest BCUT2D eigenvalue weighted by Crippen LogP contribution is 2.32. The maximum Gasteiger partial charge on any atom is 0.278 e. The average Bonchev–Trinajstić information content (AvgIpc) is 3.40. The molecule has 0 fully saturated rings. The van der Waals surface area contributed by atoms with Gasteiger partial charge in [0.1, 0.15) is 11.5 Å². The van der Waals surface area contributed by atoms with Crippen LogP contribution in [0.4, 0.5) is 11.4 Å². The van der Waals surface area contributed by atoms with Crippen molar-refractivity contribution >= 4 is 28.8 Å². The molecular weight excluding hydrogens is 402 g/mol. The number of carbonyl (C=O) groups is 2. The largest absolute Gasteiger partial charge is 0.467 e. The summed E-state index contributed by atoms with van der Waals surface area (Å²) in [5, 5.41) is 3.21. The van der Waals surface area contributed by atoms with Gasteiger partial charge in [-0.05, 0) is 62.7 Å². The van der Waals surface area contributed by atoms with Crippen LogP contribution in [0.25, 0.3) is 5.57 Å². The lowest BCUT2D eigenvalue weighted by atomic mass is 10.0. The molecule has 32 heavy (non-hydrogen) atoms. The molecule has 0 atom stereocenters. The van der Waals surface area contributed by atoms with Crippen LogP contribution in [0.1, 0.15) is 30.7 Å². The molecule has 164 valence electrons. The monoisotopic (exact) mass is 429 g/mol. The van der Waals surface area contributed by atoms with Gasteiger partial charge < -0.3 is 14.6 Å². The number of hydrogen-bond donors (Lipinski definition) is 1. The summed E-state index contributed by atoms with van der Waals surface area (Å²) in [5.74, 6) is -0.146. The Kier molecular flexibility index (Phi) is 6.12. The summed E-state index contributed by atoms with van der Waals surface area (Å²) in [6.45, 7) is 8.14. The van der Waals surface area contributed by atoms with E-state index >= 15 is 0 Å². The van der Waals surface area contributed by atoms with Crippen molar-refractivity contribution in [1.29, 1.82) is 0 Å². The van der Waals surface area contributed by atoms with Crippen molar-refractivity contribution < 1.29 is 14.0 Å². The molecule has 0 unspecified atom stereocenters. The molecule has 1 N–H and O–H groups in total. The molecule has 6 heteroatoms. The molecule has 1 aliphatic heterocycles. The van der Waals surface area contributed by atoms with Crippen LogP contribution in [-0.4, -0.2) is 29.8 Å². The summed E-state index contributed by atoms with van der Waals surface area (Å²) < 4.78 is 5.37. The Hall–Kier alpha value is -3.80. The molecule has 4 rings (SSSR count). The number of nitrogens with zero attached hydrogens (tertiary/aromatic N) is 2. The van der Waals surface area contributed by atoms with E-state index in [-0.39, 0.29) is 24.1 Å². The molecule has 1 aliphatic rings. The van der Waals surface area contributed by atoms with Crippen molar-refractivity contribution in [2.75, 3.05) is 23.3 Å². The number of aryl methyl sites for hydroxylation is 1. The highest BCUT2D eigenvalue weighted by Gasteiger charge is 2.39. The fourth-order valence-corrected chi connectivity index (χ4v) is 3.87. The van der Waals surface area contributed by atoms with Crippen molar-refractivity contribution in [2.24, 2.45) is 0 Å². The van der Waals surface area contributed by atoms with Gasteiger partial charge in [-0.25, -0.2) is 0 Å². The molecule has 2 aromatic carbocycles. The Balaban J connectivity index is 1.68. The summed E-state index contributed by atoms with van der Waals surface area (Å²) in [4.78, 5) is 30.1. The van der Waals surface area contributed by atoms with Gasteiger partial charge >= 0.3 is 0 Å². The molecule has 3 aromatic rings. The molecule has 2 heterocycles. The number of rotatable bonds is 8. The van der Waals surface area contributed by atoms with Crippen LogP contribution in [0, 0.1) is 6.92 Å². The number of benzene rings is 2. The second-order valence-electron chi connectivity index (χ2n) is 7.74. The lowest BCUT2D eigenvalue weighted by molar-refractivity contribution is -0.137. The minimum atomic E-state index is -0.366. The van der Waals surface area contributed by atoms with Crippen LogP contribution in [0.3, 0.4) is 0 Å². The highest BCUT2D eigenvalue weighted by atomic mass is 16.3. The molecule has 6 nitrogen and oxygen atoms in total. The fourth-order valence-electron chi connectivity index (χ4n) is 3.87. The maximum absolute atomic E-state index is 13.3. The maximum atomic E-state index is 13.3. The molecular formula is C26H27N3O3. The smallest absolute Gasteiger partial charge is 0.278 e. The molecule has 0 saturated heterocycles. The first-order valence-electron chi connectivity index (χ1n) is 10.8. The Labute approximate surface area is 188 Å². The average molecular weight is 430 g/mol. The predicted molar refractivity (Wildman–Crippen MR) is 126 cm³/mol. The molecule has 0 spiro atoms. The first-order valence-corrected chi connectivity index (χ1v) is 10.8. The third-order valence-corrected chi connectivity index (χ3v) is 5.67. The molecule has 0 bridgehead atoms. The number of furan rings is 1. The zero-order chi connectivity index (χ0) is 22.7. The third-order valence-electron chi connectivity index (χ3n) is 5.67. The summed E-state index contributed by atoms with van der Waals surface area (Å²) in [7, 11) is 0. The van der Waals surface area contributed by atoms with E-state index in [1.165, 1.54) is 11.2 Å². The van der Waals surface area contributed by atoms with Crippen LogP contribution in [0.2, 0.25) is 0 Å². The lowest BCUT2D eigenvalue weighted by Gasteiger charge is -2.21. The van der Waals surface area contributed by atoms with E-state index in [9.17, 15) is 9.59 Å². The number of carbonyl (C=O) groups excluding carboxylic acids is 2. The van der Waals surface area contributed by atoms with Crippen LogP contribution < -0.4 is 10.2 Å². The second-order valence-corrected chi connectivity index (χ2v) is 7.74. The number of hydrogen-bond acceptors (Lipinski definition) is 5. The molecule has 0 aliphatic carbocycles. The van der Waals surface area contributed by atoms with E-state index in [0.29, 0.717) is 16.9 Å². The Morgan fingerprint density at radius 2 is 1.59 bits per heavy atom. The minimum Gasteiger partial charge on any atom is -0.467 e. The summed E-state index contributed by atoms with van der Waals surface area (Å²) in [6.07, 6.45) is 1.53. The number of amides is 2. The number of anilines is 2. The van der Waals surface area contributed by atoms with Gasteiger partial charge in [0.2, 0.25) is 0 Å². The van der Waals surface area contributed by atoms with Crippen LogP contribution >= 0.6 is 0 Å². The van der Waals surface area contributed by atoms with Crippen LogP contribution in [-0.2, 0) is 16.1 Å². The van der Waals surface area contributed by atoms with E-state index < -0.39 is 0 Å². The SMILES string of the molecule is CCN(CC)c1ccc(NC2=C(c3ccc(C)cc3)C(=O)N(Cc3ccco3)C2=O)cc1.